The van der Waals surface area contributed by atoms with Crippen LogP contribution in [0.25, 0.3) is 11.0 Å². The minimum absolute atomic E-state index is 0.309. The Hall–Kier alpha value is -3.78. The van der Waals surface area contributed by atoms with E-state index in [2.05, 4.69) is 20.3 Å². The largest absolute Gasteiger partial charge is 0.481 e. The molecular formula is C23H20ClN5O3. The zero-order valence-corrected chi connectivity index (χ0v) is 18.5. The van der Waals surface area contributed by atoms with Crippen molar-refractivity contribution >= 4 is 40.0 Å². The van der Waals surface area contributed by atoms with Crippen molar-refractivity contribution in [2.24, 2.45) is 0 Å². The topological polar surface area (TPSA) is 99.0 Å². The molecule has 0 aromatic carbocycles. The number of hydrogen-bond donors (Lipinski definition) is 1. The molecule has 4 aromatic rings. The van der Waals surface area contributed by atoms with Crippen molar-refractivity contribution in [1.82, 2.24) is 19.5 Å². The van der Waals surface area contributed by atoms with Gasteiger partial charge in [0.2, 0.25) is 5.88 Å². The van der Waals surface area contributed by atoms with Crippen LogP contribution in [-0.4, -0.2) is 38.3 Å². The van der Waals surface area contributed by atoms with Gasteiger partial charge in [0, 0.05) is 41.4 Å². The maximum Gasteiger partial charge on any atom is 0.296 e. The maximum absolute atomic E-state index is 13.2. The van der Waals surface area contributed by atoms with Crippen molar-refractivity contribution < 1.29 is 14.3 Å². The number of nitrogens with zero attached hydrogens (tertiary/aromatic N) is 4. The van der Waals surface area contributed by atoms with E-state index in [1.807, 2.05) is 23.6 Å². The highest BCUT2D eigenvalue weighted by atomic mass is 35.5. The van der Waals surface area contributed by atoms with Crippen LogP contribution in [0, 0.1) is 13.8 Å². The smallest absolute Gasteiger partial charge is 0.296 e. The van der Waals surface area contributed by atoms with E-state index in [4.69, 9.17) is 16.3 Å². The van der Waals surface area contributed by atoms with Gasteiger partial charge in [0.1, 0.15) is 5.65 Å². The van der Waals surface area contributed by atoms with E-state index in [0.29, 0.717) is 45.4 Å². The van der Waals surface area contributed by atoms with Gasteiger partial charge in [0.05, 0.1) is 29.9 Å². The monoisotopic (exact) mass is 449 g/mol. The second-order valence-electron chi connectivity index (χ2n) is 7.27. The van der Waals surface area contributed by atoms with Crippen molar-refractivity contribution in [1.29, 1.82) is 0 Å². The number of fused-ring (bicyclic) bond motifs is 1. The normalized spacial score (nSPS) is 10.9. The lowest BCUT2D eigenvalue weighted by Gasteiger charge is -2.08. The summed E-state index contributed by atoms with van der Waals surface area (Å²) in [5.74, 6) is -1.08. The molecule has 0 saturated heterocycles. The number of hydrogen-bond acceptors (Lipinski definition) is 6. The third-order valence-corrected chi connectivity index (χ3v) is 5.26. The van der Waals surface area contributed by atoms with E-state index < -0.39 is 11.7 Å². The van der Waals surface area contributed by atoms with E-state index in [9.17, 15) is 9.59 Å². The maximum atomic E-state index is 13.2. The molecule has 0 spiro atoms. The van der Waals surface area contributed by atoms with Crippen LogP contribution in [-0.2, 0) is 11.3 Å². The molecule has 0 aliphatic rings. The average molecular weight is 450 g/mol. The zero-order chi connectivity index (χ0) is 22.8. The van der Waals surface area contributed by atoms with E-state index in [-0.39, 0.29) is 0 Å². The molecule has 0 fully saturated rings. The van der Waals surface area contributed by atoms with Gasteiger partial charge in [-0.25, -0.2) is 9.97 Å². The van der Waals surface area contributed by atoms with Crippen LogP contribution in [0.2, 0.25) is 5.02 Å². The quantitative estimate of drug-likeness (QED) is 0.353. The first-order chi connectivity index (χ1) is 15.4. The number of ether oxygens (including phenoxy) is 1. The molecule has 162 valence electrons. The number of Topliss-reactive ketones (excluding diaryl/α,β-unsaturated/α-hetero) is 1. The van der Waals surface area contributed by atoms with Gasteiger partial charge in [-0.15, -0.1) is 0 Å². The summed E-state index contributed by atoms with van der Waals surface area (Å²) in [5, 5.41) is 3.77. The van der Waals surface area contributed by atoms with E-state index in [1.165, 1.54) is 13.3 Å². The molecule has 4 aromatic heterocycles. The van der Waals surface area contributed by atoms with Gasteiger partial charge >= 0.3 is 0 Å². The molecule has 9 heteroatoms. The summed E-state index contributed by atoms with van der Waals surface area (Å²) in [5.41, 5.74) is 3.59. The molecule has 0 atom stereocenters. The van der Waals surface area contributed by atoms with E-state index >= 15 is 0 Å². The molecule has 32 heavy (non-hydrogen) atoms. The Morgan fingerprint density at radius 2 is 1.91 bits per heavy atom. The fraction of sp³-hybridized carbons (Fsp3) is 0.174. The van der Waals surface area contributed by atoms with Gasteiger partial charge in [0.25, 0.3) is 11.7 Å². The first kappa shape index (κ1) is 21.5. The van der Waals surface area contributed by atoms with Crippen molar-refractivity contribution in [2.45, 2.75) is 20.4 Å². The molecule has 1 N–H and O–H groups in total. The first-order valence-corrected chi connectivity index (χ1v) is 10.2. The number of nitrogens with one attached hydrogen (secondary N) is 1. The lowest BCUT2D eigenvalue weighted by Crippen LogP contribution is -2.23. The van der Waals surface area contributed by atoms with E-state index in [0.717, 1.165) is 11.3 Å². The van der Waals surface area contributed by atoms with Crippen LogP contribution >= 0.6 is 11.6 Å². The Morgan fingerprint density at radius 3 is 2.62 bits per heavy atom. The zero-order valence-electron chi connectivity index (χ0n) is 17.7. The summed E-state index contributed by atoms with van der Waals surface area (Å²) < 4.78 is 6.94. The second kappa shape index (κ2) is 8.76. The van der Waals surface area contributed by atoms with Gasteiger partial charge in [-0.3, -0.25) is 14.6 Å². The second-order valence-corrected chi connectivity index (χ2v) is 7.70. The number of anilines is 1. The number of rotatable bonds is 6. The fourth-order valence-corrected chi connectivity index (χ4v) is 3.60. The number of halogens is 1. The summed E-state index contributed by atoms with van der Waals surface area (Å²) in [6.07, 6.45) is 4.78. The van der Waals surface area contributed by atoms with E-state index in [1.54, 1.807) is 37.5 Å². The summed E-state index contributed by atoms with van der Waals surface area (Å²) in [7, 11) is 1.47. The Bertz CT molecular complexity index is 1330. The molecule has 0 bridgehead atoms. The van der Waals surface area contributed by atoms with Gasteiger partial charge in [-0.1, -0.05) is 11.6 Å². The van der Waals surface area contributed by atoms with Gasteiger partial charge < -0.3 is 14.6 Å². The van der Waals surface area contributed by atoms with Crippen LogP contribution < -0.4 is 10.1 Å². The van der Waals surface area contributed by atoms with Gasteiger partial charge in [-0.05, 0) is 43.7 Å². The standard InChI is InChI=1S/C23H20ClN5O3/c1-13-8-18-20(21(30)23(31)28-16-6-7-25-19(9-16)32-3)14(2)29(22(18)27-10-13)12-17-5-4-15(24)11-26-17/h4-11H,12H2,1-3H3,(H,25,28,31). The summed E-state index contributed by atoms with van der Waals surface area (Å²) in [6.45, 7) is 4.06. The predicted octanol–water partition coefficient (Wildman–Crippen LogP) is 3.97. The molecule has 8 nitrogen and oxygen atoms in total. The number of carbonyl (C=O) groups is 2. The highest BCUT2D eigenvalue weighted by molar-refractivity contribution is 6.48. The fourth-order valence-electron chi connectivity index (χ4n) is 3.49. The molecule has 0 unspecified atom stereocenters. The summed E-state index contributed by atoms with van der Waals surface area (Å²) in [6, 6.07) is 8.55. The van der Waals surface area contributed by atoms with Gasteiger partial charge in [0.15, 0.2) is 0 Å². The highest BCUT2D eigenvalue weighted by Crippen LogP contribution is 2.27. The molecule has 0 aliphatic heterocycles. The number of aromatic nitrogens is 4. The van der Waals surface area contributed by atoms with Crippen LogP contribution in [0.15, 0.2) is 48.9 Å². The van der Waals surface area contributed by atoms with Crippen LogP contribution in [0.5, 0.6) is 5.88 Å². The molecule has 4 rings (SSSR count). The molecule has 0 aliphatic carbocycles. The highest BCUT2D eigenvalue weighted by Gasteiger charge is 2.26. The van der Waals surface area contributed by atoms with Crippen molar-refractivity contribution in [3.8, 4) is 5.88 Å². The minimum Gasteiger partial charge on any atom is -0.481 e. The Balaban J connectivity index is 1.73. The van der Waals surface area contributed by atoms with Crippen LogP contribution in [0.4, 0.5) is 5.69 Å². The molecular weight excluding hydrogens is 430 g/mol. The predicted molar refractivity (Wildman–Crippen MR) is 121 cm³/mol. The lowest BCUT2D eigenvalue weighted by atomic mass is 10.1. The van der Waals surface area contributed by atoms with Crippen molar-refractivity contribution in [2.75, 3.05) is 12.4 Å². The minimum atomic E-state index is -0.758. The van der Waals surface area contributed by atoms with Crippen LogP contribution in [0.1, 0.15) is 27.3 Å². The summed E-state index contributed by atoms with van der Waals surface area (Å²) >= 11 is 5.94. The molecule has 4 heterocycles. The average Bonchev–Trinajstić information content (AvgIpc) is 3.05. The molecule has 1 amide bonds. The molecule has 0 saturated carbocycles. The first-order valence-electron chi connectivity index (χ1n) is 9.79. The third kappa shape index (κ3) is 4.17. The Kier molecular flexibility index (Phi) is 5.87. The van der Waals surface area contributed by atoms with Crippen molar-refractivity contribution in [3.63, 3.8) is 0 Å². The number of pyridine rings is 3. The number of ketones is 1. The number of methoxy groups -OCH3 is 1. The Morgan fingerprint density at radius 1 is 1.09 bits per heavy atom. The van der Waals surface area contributed by atoms with Crippen LogP contribution in [0.3, 0.4) is 0 Å². The number of aryl methyl sites for hydroxylation is 1. The van der Waals surface area contributed by atoms with Crippen molar-refractivity contribution in [3.05, 3.63) is 76.5 Å². The lowest BCUT2D eigenvalue weighted by molar-refractivity contribution is -0.112. The SMILES string of the molecule is COc1cc(NC(=O)C(=O)c2c(C)n(Cc3ccc(Cl)cn3)c3ncc(C)cc23)ccn1. The summed E-state index contributed by atoms with van der Waals surface area (Å²) in [4.78, 5) is 38.9. The van der Waals surface area contributed by atoms with Gasteiger partial charge in [-0.2, -0.15) is 0 Å². The third-order valence-electron chi connectivity index (χ3n) is 5.04. The molecule has 0 radical (unpaired) electrons. The number of carbonyl (C=O) groups excluding carboxylic acids is 2. The number of amides is 1. The Labute approximate surface area is 189 Å².